The largest absolute Gasteiger partial charge is 0.507 e. The van der Waals surface area contributed by atoms with Crippen molar-refractivity contribution in [2.75, 3.05) is 18.9 Å². The number of phenolic OH excluding ortho intramolecular Hbond substituents is 1. The number of alkyl halides is 1. The number of halogens is 1. The molecule has 2 aromatic carbocycles. The van der Waals surface area contributed by atoms with Gasteiger partial charge in [0, 0.05) is 41.4 Å². The molecule has 1 heterocycles. The van der Waals surface area contributed by atoms with E-state index in [1.54, 1.807) is 30.5 Å². The summed E-state index contributed by atoms with van der Waals surface area (Å²) in [5.74, 6) is 0.510. The van der Waals surface area contributed by atoms with Crippen LogP contribution in [-0.2, 0) is 4.43 Å². The molecule has 0 bridgehead atoms. The molecular weight excluding hydrogens is 499 g/mol. The monoisotopic (exact) mass is 520 g/mol. The molecule has 8 nitrogen and oxygen atoms in total. The summed E-state index contributed by atoms with van der Waals surface area (Å²) in [5, 5.41) is 18.7. The second kappa shape index (κ2) is 9.61. The van der Waals surface area contributed by atoms with Gasteiger partial charge in [-0.05, 0) is 42.8 Å². The number of ether oxygens (including phenoxy) is 1. The van der Waals surface area contributed by atoms with Gasteiger partial charge in [0.15, 0.2) is 0 Å². The van der Waals surface area contributed by atoms with E-state index in [1.807, 2.05) is 13.0 Å². The number of aromatic nitrogens is 1. The molecule has 0 aliphatic carbocycles. The minimum atomic E-state index is -0.405. The third-order valence-corrected chi connectivity index (χ3v) is 5.15. The van der Waals surface area contributed by atoms with Crippen molar-refractivity contribution in [1.82, 2.24) is 15.6 Å². The summed E-state index contributed by atoms with van der Waals surface area (Å²) >= 11 is 2.22. The lowest BCUT2D eigenvalue weighted by Crippen LogP contribution is -2.28. The first-order chi connectivity index (χ1) is 14.5. The zero-order chi connectivity index (χ0) is 21.7. The number of benzene rings is 2. The number of carbonyl (C=O) groups is 2. The lowest BCUT2D eigenvalue weighted by Gasteiger charge is -2.14. The number of hydrogen-bond donors (Lipinski definition) is 4. The summed E-state index contributed by atoms with van der Waals surface area (Å²) in [6.07, 6.45) is 1.57. The van der Waals surface area contributed by atoms with Gasteiger partial charge in [-0.2, -0.15) is 0 Å². The maximum absolute atomic E-state index is 12.0. The summed E-state index contributed by atoms with van der Waals surface area (Å²) in [4.78, 5) is 28.1. The number of aromatic hydroxyl groups is 1. The number of hydrogen-bond acceptors (Lipinski definition) is 5. The van der Waals surface area contributed by atoms with Gasteiger partial charge in [-0.15, -0.1) is 0 Å². The van der Waals surface area contributed by atoms with Gasteiger partial charge in [0.25, 0.3) is 5.91 Å². The molecule has 156 valence electrons. The van der Waals surface area contributed by atoms with Crippen molar-refractivity contribution in [3.05, 3.63) is 53.7 Å². The summed E-state index contributed by atoms with van der Waals surface area (Å²) in [7, 11) is 1.49. The normalized spacial score (nSPS) is 10.5. The fraction of sp³-hybridized carbons (Fsp3) is 0.190. The average molecular weight is 520 g/mol. The molecule has 30 heavy (non-hydrogen) atoms. The van der Waals surface area contributed by atoms with Crippen LogP contribution in [0, 0.1) is 0 Å². The number of carbonyl (C=O) groups excluding carboxylic acids is 2. The molecule has 0 spiro atoms. The van der Waals surface area contributed by atoms with E-state index in [0.717, 1.165) is 5.56 Å². The van der Waals surface area contributed by atoms with E-state index in [9.17, 15) is 14.7 Å². The molecular formula is C21H21IN4O4. The van der Waals surface area contributed by atoms with Gasteiger partial charge in [0.2, 0.25) is 0 Å². The van der Waals surface area contributed by atoms with Crippen LogP contribution in [-0.4, -0.2) is 35.6 Å². The lowest BCUT2D eigenvalue weighted by atomic mass is 10.1. The Balaban J connectivity index is 1.95. The van der Waals surface area contributed by atoms with Crippen LogP contribution in [0.5, 0.6) is 17.2 Å². The second-order valence-electron chi connectivity index (χ2n) is 6.31. The number of nitrogens with zero attached hydrogens (tertiary/aromatic N) is 1. The predicted molar refractivity (Wildman–Crippen MR) is 124 cm³/mol. The van der Waals surface area contributed by atoms with Gasteiger partial charge in [-0.1, -0.05) is 22.6 Å². The number of fused-ring (bicyclic) bond motifs is 1. The van der Waals surface area contributed by atoms with E-state index in [0.29, 0.717) is 39.1 Å². The van der Waals surface area contributed by atoms with Gasteiger partial charge in [-0.25, -0.2) is 4.79 Å². The number of phenols is 1. The lowest BCUT2D eigenvalue weighted by molar-refractivity contribution is 0.0960. The molecule has 9 heteroatoms. The Labute approximate surface area is 187 Å². The minimum absolute atomic E-state index is 0.136. The summed E-state index contributed by atoms with van der Waals surface area (Å²) in [6, 6.07) is 9.79. The molecule has 3 aromatic rings. The highest BCUT2D eigenvalue weighted by atomic mass is 127. The van der Waals surface area contributed by atoms with Crippen LogP contribution in [0.25, 0.3) is 10.9 Å². The van der Waals surface area contributed by atoms with E-state index in [4.69, 9.17) is 4.74 Å². The Morgan fingerprint density at radius 1 is 1.20 bits per heavy atom. The van der Waals surface area contributed by atoms with Crippen LogP contribution < -0.4 is 20.7 Å². The van der Waals surface area contributed by atoms with Gasteiger partial charge in [-0.3, -0.25) is 9.78 Å². The van der Waals surface area contributed by atoms with Crippen molar-refractivity contribution in [3.8, 4) is 17.2 Å². The highest BCUT2D eigenvalue weighted by Crippen LogP contribution is 2.34. The number of anilines is 1. The van der Waals surface area contributed by atoms with E-state index in [2.05, 4.69) is 43.5 Å². The number of rotatable bonds is 6. The highest BCUT2D eigenvalue weighted by Gasteiger charge is 2.15. The first kappa shape index (κ1) is 21.6. The summed E-state index contributed by atoms with van der Waals surface area (Å²) < 4.78 is 6.73. The van der Waals surface area contributed by atoms with Crippen LogP contribution in [0.15, 0.2) is 42.6 Å². The van der Waals surface area contributed by atoms with E-state index >= 15 is 0 Å². The zero-order valence-corrected chi connectivity index (χ0v) is 18.6. The molecule has 0 atom stereocenters. The maximum Gasteiger partial charge on any atom is 0.319 e. The molecule has 0 aliphatic rings. The fourth-order valence-electron chi connectivity index (χ4n) is 2.88. The standard InChI is InChI=1S/C21H21IN4O4/c1-3-24-21(29)26-16-5-4-13(8-12(16)11-22)30-19-6-7-25-17-10-18(27)15(9-14(17)19)20(28)23-2/h4-10,27H,3,11H2,1-2H3,(H,23,28)(H2,24,26,29). The molecule has 3 amide bonds. The zero-order valence-electron chi connectivity index (χ0n) is 16.5. The summed E-state index contributed by atoms with van der Waals surface area (Å²) in [6.45, 7) is 2.39. The number of pyridine rings is 1. The third kappa shape index (κ3) is 4.73. The molecule has 3 rings (SSSR count). The van der Waals surface area contributed by atoms with E-state index < -0.39 is 5.91 Å². The van der Waals surface area contributed by atoms with Crippen LogP contribution in [0.2, 0.25) is 0 Å². The Hall–Kier alpha value is -3.08. The fourth-order valence-corrected chi connectivity index (χ4v) is 3.51. The molecule has 0 fully saturated rings. The topological polar surface area (TPSA) is 113 Å². The van der Waals surface area contributed by atoms with Crippen LogP contribution in [0.4, 0.5) is 10.5 Å². The molecule has 0 radical (unpaired) electrons. The quantitative estimate of drug-likeness (QED) is 0.288. The second-order valence-corrected chi connectivity index (χ2v) is 7.08. The van der Waals surface area contributed by atoms with Crippen molar-refractivity contribution >= 4 is 51.1 Å². The highest BCUT2D eigenvalue weighted by molar-refractivity contribution is 14.1. The molecule has 0 aliphatic heterocycles. The molecule has 0 saturated heterocycles. The molecule has 0 saturated carbocycles. The van der Waals surface area contributed by atoms with Crippen LogP contribution in [0.3, 0.4) is 0 Å². The third-order valence-electron chi connectivity index (χ3n) is 4.32. The van der Waals surface area contributed by atoms with Crippen molar-refractivity contribution in [2.24, 2.45) is 0 Å². The van der Waals surface area contributed by atoms with E-state index in [1.165, 1.54) is 13.1 Å². The van der Waals surface area contributed by atoms with Gasteiger partial charge in [0.05, 0.1) is 11.1 Å². The predicted octanol–water partition coefficient (Wildman–Crippen LogP) is 4.17. The SMILES string of the molecule is CCNC(=O)Nc1ccc(Oc2ccnc3cc(O)c(C(=O)NC)cc23)cc1CI. The van der Waals surface area contributed by atoms with Crippen molar-refractivity contribution in [2.45, 2.75) is 11.4 Å². The number of nitrogens with one attached hydrogen (secondary N) is 3. The number of amides is 3. The van der Waals surface area contributed by atoms with Crippen LogP contribution in [0.1, 0.15) is 22.8 Å². The minimum Gasteiger partial charge on any atom is -0.507 e. The van der Waals surface area contributed by atoms with Crippen LogP contribution >= 0.6 is 22.6 Å². The Morgan fingerprint density at radius 3 is 2.70 bits per heavy atom. The molecule has 4 N–H and O–H groups in total. The van der Waals surface area contributed by atoms with Crippen molar-refractivity contribution in [3.63, 3.8) is 0 Å². The smallest absolute Gasteiger partial charge is 0.319 e. The molecule has 0 unspecified atom stereocenters. The van der Waals surface area contributed by atoms with Gasteiger partial charge >= 0.3 is 6.03 Å². The Bertz CT molecular complexity index is 1100. The average Bonchev–Trinajstić information content (AvgIpc) is 2.74. The number of urea groups is 1. The van der Waals surface area contributed by atoms with Crippen molar-refractivity contribution < 1.29 is 19.4 Å². The van der Waals surface area contributed by atoms with Crippen molar-refractivity contribution in [1.29, 1.82) is 0 Å². The summed E-state index contributed by atoms with van der Waals surface area (Å²) in [5.41, 5.74) is 2.24. The maximum atomic E-state index is 12.0. The Morgan fingerprint density at radius 2 is 2.00 bits per heavy atom. The first-order valence-corrected chi connectivity index (χ1v) is 10.7. The molecule has 1 aromatic heterocycles. The van der Waals surface area contributed by atoms with Gasteiger partial charge in [0.1, 0.15) is 17.2 Å². The van der Waals surface area contributed by atoms with E-state index in [-0.39, 0.29) is 17.3 Å². The Kier molecular flexibility index (Phi) is 6.93. The first-order valence-electron chi connectivity index (χ1n) is 9.22. The van der Waals surface area contributed by atoms with Gasteiger partial charge < -0.3 is 25.8 Å².